The maximum absolute atomic E-state index is 13.8. The van der Waals surface area contributed by atoms with Crippen LogP contribution in [0, 0.1) is 0 Å². The van der Waals surface area contributed by atoms with Crippen molar-refractivity contribution in [2.75, 3.05) is 18.1 Å². The van der Waals surface area contributed by atoms with Crippen LogP contribution in [0.2, 0.25) is 0 Å². The minimum atomic E-state index is -5.04. The third kappa shape index (κ3) is 7.18. The SMILES string of the molecule is CCc1cnc(N(CCCOc2nc3ccccc3nc2C(=O)O)Cc2ccc(C(F)(F)F)cc2C(F)(F)F)nc1. The number of ether oxygens (including phenoxy) is 1. The molecule has 0 amide bonds. The second kappa shape index (κ2) is 11.9. The van der Waals surface area contributed by atoms with E-state index in [0.717, 1.165) is 11.6 Å². The first-order chi connectivity index (χ1) is 19.4. The van der Waals surface area contributed by atoms with Crippen LogP contribution in [0.15, 0.2) is 54.9 Å². The summed E-state index contributed by atoms with van der Waals surface area (Å²) in [6, 6.07) is 8.06. The molecular weight excluding hydrogens is 556 g/mol. The molecule has 1 N–H and O–H groups in total. The molecule has 8 nitrogen and oxygen atoms in total. The molecule has 0 radical (unpaired) electrons. The van der Waals surface area contributed by atoms with Crippen LogP contribution in [0.1, 0.15) is 46.1 Å². The number of anilines is 1. The lowest BCUT2D eigenvalue weighted by molar-refractivity contribution is -0.143. The number of carboxylic acid groups (broad SMARTS) is 1. The number of benzene rings is 2. The Bertz CT molecular complexity index is 1530. The van der Waals surface area contributed by atoms with Crippen molar-refractivity contribution in [3.63, 3.8) is 0 Å². The number of alkyl halides is 6. The van der Waals surface area contributed by atoms with Crippen molar-refractivity contribution in [3.05, 3.63) is 82.8 Å². The molecular formula is C27H23F6N5O3. The number of aryl methyl sites for hydroxylation is 1. The number of nitrogens with zero attached hydrogens (tertiary/aromatic N) is 5. The molecule has 216 valence electrons. The molecule has 14 heteroatoms. The zero-order chi connectivity index (χ0) is 29.8. The summed E-state index contributed by atoms with van der Waals surface area (Å²) in [5.41, 5.74) is -2.10. The monoisotopic (exact) mass is 579 g/mol. The van der Waals surface area contributed by atoms with E-state index in [1.807, 2.05) is 6.92 Å². The van der Waals surface area contributed by atoms with Gasteiger partial charge < -0.3 is 14.7 Å². The molecule has 0 atom stereocenters. The Hall–Kier alpha value is -4.49. The van der Waals surface area contributed by atoms with E-state index in [1.165, 1.54) is 17.3 Å². The summed E-state index contributed by atoms with van der Waals surface area (Å²) in [7, 11) is 0. The first-order valence-electron chi connectivity index (χ1n) is 12.3. The Morgan fingerprint density at radius 2 is 1.61 bits per heavy atom. The highest BCUT2D eigenvalue weighted by Crippen LogP contribution is 2.38. The van der Waals surface area contributed by atoms with Gasteiger partial charge in [0.05, 0.1) is 28.8 Å². The zero-order valence-corrected chi connectivity index (χ0v) is 21.5. The van der Waals surface area contributed by atoms with Gasteiger partial charge in [-0.25, -0.2) is 24.7 Å². The Morgan fingerprint density at radius 1 is 0.951 bits per heavy atom. The number of fused-ring (bicyclic) bond motifs is 1. The fourth-order valence-electron chi connectivity index (χ4n) is 3.95. The summed E-state index contributed by atoms with van der Waals surface area (Å²) in [5, 5.41) is 9.52. The lowest BCUT2D eigenvalue weighted by Crippen LogP contribution is -2.28. The number of para-hydroxylation sites is 2. The van der Waals surface area contributed by atoms with Crippen LogP contribution in [-0.4, -0.2) is 44.2 Å². The lowest BCUT2D eigenvalue weighted by atomic mass is 10.0. The Kier molecular flexibility index (Phi) is 8.59. The van der Waals surface area contributed by atoms with Gasteiger partial charge >= 0.3 is 18.3 Å². The molecule has 0 aliphatic carbocycles. The van der Waals surface area contributed by atoms with E-state index in [2.05, 4.69) is 19.9 Å². The average molecular weight is 580 g/mol. The first-order valence-corrected chi connectivity index (χ1v) is 12.3. The van der Waals surface area contributed by atoms with Gasteiger partial charge in [0.2, 0.25) is 17.5 Å². The summed E-state index contributed by atoms with van der Waals surface area (Å²) in [6.45, 7) is 1.34. The number of hydrogen-bond donors (Lipinski definition) is 1. The molecule has 2 heterocycles. The van der Waals surface area contributed by atoms with Gasteiger partial charge in [-0.15, -0.1) is 0 Å². The molecule has 0 unspecified atom stereocenters. The minimum Gasteiger partial charge on any atom is -0.476 e. The van der Waals surface area contributed by atoms with E-state index in [4.69, 9.17) is 4.74 Å². The van der Waals surface area contributed by atoms with Gasteiger partial charge in [-0.05, 0) is 48.2 Å². The van der Waals surface area contributed by atoms with Crippen molar-refractivity contribution in [3.8, 4) is 5.88 Å². The van der Waals surface area contributed by atoms with Crippen molar-refractivity contribution < 1.29 is 41.0 Å². The van der Waals surface area contributed by atoms with Crippen LogP contribution >= 0.6 is 0 Å². The Labute approximate surface area is 229 Å². The smallest absolute Gasteiger partial charge is 0.416 e. The molecule has 0 fully saturated rings. The number of rotatable bonds is 10. The number of halogens is 6. The maximum Gasteiger partial charge on any atom is 0.416 e. The van der Waals surface area contributed by atoms with Crippen LogP contribution in [0.25, 0.3) is 11.0 Å². The number of aromatic nitrogens is 4. The van der Waals surface area contributed by atoms with Gasteiger partial charge in [0, 0.05) is 25.5 Å². The van der Waals surface area contributed by atoms with Crippen molar-refractivity contribution in [1.82, 2.24) is 19.9 Å². The van der Waals surface area contributed by atoms with Crippen LogP contribution in [-0.2, 0) is 25.3 Å². The predicted octanol–water partition coefficient (Wildman–Crippen LogP) is 6.19. The normalized spacial score (nSPS) is 12.0. The highest BCUT2D eigenvalue weighted by Gasteiger charge is 2.38. The molecule has 41 heavy (non-hydrogen) atoms. The first kappa shape index (κ1) is 29.5. The second-order valence-corrected chi connectivity index (χ2v) is 8.91. The van der Waals surface area contributed by atoms with Crippen LogP contribution in [0.4, 0.5) is 32.3 Å². The van der Waals surface area contributed by atoms with Gasteiger partial charge in [-0.1, -0.05) is 25.1 Å². The number of hydrogen-bond acceptors (Lipinski definition) is 7. The van der Waals surface area contributed by atoms with Crippen LogP contribution in [0.5, 0.6) is 5.88 Å². The molecule has 0 bridgehead atoms. The summed E-state index contributed by atoms with van der Waals surface area (Å²) in [4.78, 5) is 29.8. The van der Waals surface area contributed by atoms with Crippen molar-refractivity contribution in [2.24, 2.45) is 0 Å². The van der Waals surface area contributed by atoms with Gasteiger partial charge in [-0.3, -0.25) is 0 Å². The topological polar surface area (TPSA) is 101 Å². The fourth-order valence-corrected chi connectivity index (χ4v) is 3.95. The van der Waals surface area contributed by atoms with Crippen LogP contribution < -0.4 is 9.64 Å². The predicted molar refractivity (Wildman–Crippen MR) is 136 cm³/mol. The zero-order valence-electron chi connectivity index (χ0n) is 21.5. The van der Waals surface area contributed by atoms with Crippen molar-refractivity contribution in [2.45, 2.75) is 38.7 Å². The van der Waals surface area contributed by atoms with E-state index >= 15 is 0 Å². The molecule has 0 aliphatic rings. The lowest BCUT2D eigenvalue weighted by Gasteiger charge is -2.25. The van der Waals surface area contributed by atoms with Crippen LogP contribution in [0.3, 0.4) is 0 Å². The Balaban J connectivity index is 1.57. The number of aromatic carboxylic acids is 1. The quantitative estimate of drug-likeness (QED) is 0.175. The third-order valence-electron chi connectivity index (χ3n) is 6.04. The minimum absolute atomic E-state index is 0.0210. The number of carboxylic acids is 1. The molecule has 2 aromatic heterocycles. The largest absolute Gasteiger partial charge is 0.476 e. The van der Waals surface area contributed by atoms with E-state index in [9.17, 15) is 36.2 Å². The molecule has 2 aromatic carbocycles. The average Bonchev–Trinajstić information content (AvgIpc) is 2.93. The molecule has 0 aliphatic heterocycles. The van der Waals surface area contributed by atoms with Crippen molar-refractivity contribution >= 4 is 23.0 Å². The van der Waals surface area contributed by atoms with E-state index in [-0.39, 0.29) is 37.5 Å². The van der Waals surface area contributed by atoms with E-state index in [0.29, 0.717) is 23.5 Å². The maximum atomic E-state index is 13.8. The molecule has 0 saturated carbocycles. The third-order valence-corrected chi connectivity index (χ3v) is 6.04. The molecule has 0 saturated heterocycles. The summed E-state index contributed by atoms with van der Waals surface area (Å²) >= 11 is 0. The summed E-state index contributed by atoms with van der Waals surface area (Å²) in [6.07, 6.45) is -6.21. The van der Waals surface area contributed by atoms with Crippen molar-refractivity contribution in [1.29, 1.82) is 0 Å². The molecule has 4 aromatic rings. The van der Waals surface area contributed by atoms with Gasteiger partial charge in [0.25, 0.3) is 0 Å². The molecule has 0 spiro atoms. The standard InChI is InChI=1S/C27H23F6N5O3/c1-2-16-13-34-25(35-14-16)38(15-17-8-9-18(26(28,29)30)12-19(17)27(31,32)33)10-5-11-41-23-22(24(39)40)36-20-6-3-4-7-21(20)37-23/h3-4,6-9,12-14H,2,5,10-11,15H2,1H3,(H,39,40). The van der Waals surface area contributed by atoms with Gasteiger partial charge in [-0.2, -0.15) is 26.3 Å². The van der Waals surface area contributed by atoms with E-state index in [1.54, 1.807) is 24.3 Å². The van der Waals surface area contributed by atoms with Gasteiger partial charge in [0.15, 0.2) is 0 Å². The number of carbonyl (C=O) groups is 1. The Morgan fingerprint density at radius 3 is 2.20 bits per heavy atom. The van der Waals surface area contributed by atoms with E-state index < -0.39 is 47.3 Å². The summed E-state index contributed by atoms with van der Waals surface area (Å²) < 4.78 is 86.3. The highest BCUT2D eigenvalue weighted by molar-refractivity contribution is 5.90. The fraction of sp³-hybridized carbons (Fsp3) is 0.296. The van der Waals surface area contributed by atoms with Gasteiger partial charge in [0.1, 0.15) is 0 Å². The molecule has 4 rings (SSSR count). The summed E-state index contributed by atoms with van der Waals surface area (Å²) in [5.74, 6) is -1.52. The highest BCUT2D eigenvalue weighted by atomic mass is 19.4. The second-order valence-electron chi connectivity index (χ2n) is 8.91.